The second kappa shape index (κ2) is 9.53. The van der Waals surface area contributed by atoms with Gasteiger partial charge in [0.1, 0.15) is 17.9 Å². The Balaban J connectivity index is 1.47. The zero-order chi connectivity index (χ0) is 21.6. The lowest BCUT2D eigenvalue weighted by Crippen LogP contribution is -2.31. The van der Waals surface area contributed by atoms with E-state index in [4.69, 9.17) is 5.73 Å². The van der Waals surface area contributed by atoms with Crippen LogP contribution in [-0.2, 0) is 0 Å². The van der Waals surface area contributed by atoms with Crippen molar-refractivity contribution in [3.63, 3.8) is 0 Å². The first-order valence-corrected chi connectivity index (χ1v) is 9.98. The maximum absolute atomic E-state index is 13.1. The minimum Gasteiger partial charge on any atom is -0.374 e. The Labute approximate surface area is 180 Å². The zero-order valence-corrected chi connectivity index (χ0v) is 16.8. The van der Waals surface area contributed by atoms with Gasteiger partial charge in [0, 0.05) is 48.5 Å². The van der Waals surface area contributed by atoms with E-state index in [1.807, 2.05) is 65.5 Å². The molecule has 0 radical (unpaired) electrons. The topological polar surface area (TPSA) is 88.1 Å². The van der Waals surface area contributed by atoms with Gasteiger partial charge >= 0.3 is 0 Å². The van der Waals surface area contributed by atoms with Gasteiger partial charge in [0.05, 0.1) is 5.69 Å². The van der Waals surface area contributed by atoms with E-state index in [0.29, 0.717) is 12.4 Å². The molecule has 0 fully saturated rings. The highest BCUT2D eigenvalue weighted by atomic mass is 19.1. The van der Waals surface area contributed by atoms with Crippen molar-refractivity contribution >= 4 is 11.5 Å². The number of aliphatic hydroxyl groups is 1. The van der Waals surface area contributed by atoms with Crippen molar-refractivity contribution in [2.45, 2.75) is 12.3 Å². The van der Waals surface area contributed by atoms with Crippen molar-refractivity contribution in [3.8, 4) is 5.69 Å². The lowest BCUT2D eigenvalue weighted by Gasteiger charge is -2.21. The molecule has 7 heteroatoms. The lowest BCUT2D eigenvalue weighted by molar-refractivity contribution is 0.124. The molecule has 4 aromatic rings. The van der Waals surface area contributed by atoms with E-state index in [0.717, 1.165) is 22.5 Å². The fourth-order valence-corrected chi connectivity index (χ4v) is 3.34. The third-order valence-corrected chi connectivity index (χ3v) is 4.99. The summed E-state index contributed by atoms with van der Waals surface area (Å²) in [5.41, 5.74) is 9.26. The molecule has 0 saturated carbocycles. The van der Waals surface area contributed by atoms with Gasteiger partial charge in [0.2, 0.25) is 0 Å². The van der Waals surface area contributed by atoms with Crippen LogP contribution in [0.4, 0.5) is 15.9 Å². The highest BCUT2D eigenvalue weighted by molar-refractivity contribution is 5.58. The van der Waals surface area contributed by atoms with Gasteiger partial charge in [-0.2, -0.15) is 0 Å². The summed E-state index contributed by atoms with van der Waals surface area (Å²) in [4.78, 5) is 4.31. The molecule has 2 unspecified atom stereocenters. The number of hydrogen-bond acceptors (Lipinski definition) is 5. The van der Waals surface area contributed by atoms with Crippen molar-refractivity contribution in [3.05, 3.63) is 108 Å². The van der Waals surface area contributed by atoms with Crippen LogP contribution in [0.2, 0.25) is 0 Å². The molecule has 2 aromatic heterocycles. The molecule has 5 N–H and O–H groups in total. The van der Waals surface area contributed by atoms with Crippen molar-refractivity contribution < 1.29 is 9.50 Å². The highest BCUT2D eigenvalue weighted by Gasteiger charge is 2.16. The standard InChI is InChI=1S/C24H24FN5O/c25-19-6-8-20(9-7-19)28-23-14-21(10-12-27-23)30-13-11-18(16-30)24(31)29-22(15-26)17-4-2-1-3-5-17/h1-14,16,22,24,29,31H,15,26H2,(H,27,28). The van der Waals surface area contributed by atoms with Crippen LogP contribution >= 0.6 is 0 Å². The van der Waals surface area contributed by atoms with Crippen LogP contribution in [0.3, 0.4) is 0 Å². The van der Waals surface area contributed by atoms with Crippen LogP contribution in [-0.4, -0.2) is 21.2 Å². The average Bonchev–Trinajstić information content (AvgIpc) is 3.30. The summed E-state index contributed by atoms with van der Waals surface area (Å²) in [6, 6.07) is 21.3. The Kier molecular flexibility index (Phi) is 6.37. The summed E-state index contributed by atoms with van der Waals surface area (Å²) in [6.45, 7) is 0.366. The van der Waals surface area contributed by atoms with E-state index in [-0.39, 0.29) is 11.9 Å². The minimum atomic E-state index is -0.867. The first-order valence-electron chi connectivity index (χ1n) is 9.98. The van der Waals surface area contributed by atoms with Crippen LogP contribution in [0.25, 0.3) is 5.69 Å². The second-order valence-corrected chi connectivity index (χ2v) is 7.15. The Bertz CT molecular complexity index is 1110. The fraction of sp³-hybridized carbons (Fsp3) is 0.125. The predicted molar refractivity (Wildman–Crippen MR) is 120 cm³/mol. The quantitative estimate of drug-likeness (QED) is 0.325. The number of nitrogens with two attached hydrogens (primary N) is 1. The normalized spacial score (nSPS) is 13.0. The number of anilines is 2. The van der Waals surface area contributed by atoms with Gasteiger partial charge in [0.15, 0.2) is 0 Å². The van der Waals surface area contributed by atoms with E-state index in [1.165, 1.54) is 12.1 Å². The lowest BCUT2D eigenvalue weighted by atomic mass is 10.1. The summed E-state index contributed by atoms with van der Waals surface area (Å²) < 4.78 is 15.0. The van der Waals surface area contributed by atoms with Gasteiger partial charge in [-0.15, -0.1) is 0 Å². The van der Waals surface area contributed by atoms with Crippen LogP contribution in [0.5, 0.6) is 0 Å². The molecule has 0 saturated heterocycles. The van der Waals surface area contributed by atoms with Crippen molar-refractivity contribution in [1.82, 2.24) is 14.9 Å². The average molecular weight is 417 g/mol. The maximum atomic E-state index is 13.1. The number of halogens is 1. The van der Waals surface area contributed by atoms with E-state index in [1.54, 1.807) is 18.3 Å². The molecular formula is C24H24FN5O. The minimum absolute atomic E-state index is 0.160. The Morgan fingerprint density at radius 3 is 2.52 bits per heavy atom. The van der Waals surface area contributed by atoms with Crippen molar-refractivity contribution in [2.24, 2.45) is 5.73 Å². The van der Waals surface area contributed by atoms with Crippen molar-refractivity contribution in [2.75, 3.05) is 11.9 Å². The summed E-state index contributed by atoms with van der Waals surface area (Å²) in [5.74, 6) is 0.341. The van der Waals surface area contributed by atoms with Crippen LogP contribution in [0, 0.1) is 5.82 Å². The van der Waals surface area contributed by atoms with Gasteiger partial charge in [-0.05, 0) is 42.0 Å². The number of pyridine rings is 1. The van der Waals surface area contributed by atoms with Crippen molar-refractivity contribution in [1.29, 1.82) is 0 Å². The molecule has 0 amide bonds. The van der Waals surface area contributed by atoms with E-state index < -0.39 is 6.23 Å². The van der Waals surface area contributed by atoms with E-state index in [2.05, 4.69) is 15.6 Å². The third-order valence-electron chi connectivity index (χ3n) is 4.99. The maximum Gasteiger partial charge on any atom is 0.133 e. The SMILES string of the molecule is NCC(NC(O)c1ccn(-c2ccnc(Nc3ccc(F)cc3)c2)c1)c1ccccc1. The molecule has 2 atom stereocenters. The Morgan fingerprint density at radius 1 is 1.00 bits per heavy atom. The highest BCUT2D eigenvalue weighted by Crippen LogP contribution is 2.22. The number of aromatic nitrogens is 2. The molecule has 31 heavy (non-hydrogen) atoms. The van der Waals surface area contributed by atoms with Gasteiger partial charge in [0.25, 0.3) is 0 Å². The number of nitrogens with one attached hydrogen (secondary N) is 2. The molecule has 2 heterocycles. The molecule has 158 valence electrons. The smallest absolute Gasteiger partial charge is 0.133 e. The predicted octanol–water partition coefficient (Wildman–Crippen LogP) is 4.04. The molecule has 0 bridgehead atoms. The monoisotopic (exact) mass is 417 g/mol. The molecule has 0 aliphatic rings. The number of rotatable bonds is 8. The summed E-state index contributed by atoms with van der Waals surface area (Å²) >= 11 is 0. The summed E-state index contributed by atoms with van der Waals surface area (Å²) in [5, 5.41) is 17.0. The van der Waals surface area contributed by atoms with Crippen LogP contribution < -0.4 is 16.4 Å². The fourth-order valence-electron chi connectivity index (χ4n) is 3.34. The number of benzene rings is 2. The van der Waals surface area contributed by atoms with E-state index >= 15 is 0 Å². The molecule has 2 aromatic carbocycles. The Hall–Kier alpha value is -3.52. The van der Waals surface area contributed by atoms with Crippen LogP contribution in [0.15, 0.2) is 91.4 Å². The number of hydrogen-bond donors (Lipinski definition) is 4. The third kappa shape index (κ3) is 5.16. The zero-order valence-electron chi connectivity index (χ0n) is 16.8. The molecule has 4 rings (SSSR count). The first kappa shape index (κ1) is 20.7. The van der Waals surface area contributed by atoms with Gasteiger partial charge in [-0.3, -0.25) is 5.32 Å². The van der Waals surface area contributed by atoms with Gasteiger partial charge < -0.3 is 20.7 Å². The molecule has 0 aliphatic heterocycles. The molecular weight excluding hydrogens is 393 g/mol. The Morgan fingerprint density at radius 2 is 1.77 bits per heavy atom. The van der Waals surface area contributed by atoms with Gasteiger partial charge in [-0.1, -0.05) is 30.3 Å². The summed E-state index contributed by atoms with van der Waals surface area (Å²) in [7, 11) is 0. The number of aliphatic hydroxyl groups excluding tert-OH is 1. The van der Waals surface area contributed by atoms with Gasteiger partial charge in [-0.25, -0.2) is 9.37 Å². The number of nitrogens with zero attached hydrogens (tertiary/aromatic N) is 2. The largest absolute Gasteiger partial charge is 0.374 e. The first-order chi connectivity index (χ1) is 15.1. The van der Waals surface area contributed by atoms with Crippen LogP contribution in [0.1, 0.15) is 23.4 Å². The molecule has 0 aliphatic carbocycles. The molecule has 0 spiro atoms. The van der Waals surface area contributed by atoms with E-state index in [9.17, 15) is 9.50 Å². The summed E-state index contributed by atoms with van der Waals surface area (Å²) in [6.07, 6.45) is 4.55. The second-order valence-electron chi connectivity index (χ2n) is 7.15. The molecule has 6 nitrogen and oxygen atoms in total.